The topological polar surface area (TPSA) is 38.7 Å². The summed E-state index contributed by atoms with van der Waals surface area (Å²) >= 11 is 0. The summed E-state index contributed by atoms with van der Waals surface area (Å²) in [6, 6.07) is 5.19. The van der Waals surface area contributed by atoms with E-state index >= 15 is 0 Å². The van der Waals surface area contributed by atoms with Gasteiger partial charge in [0.25, 0.3) is 0 Å². The van der Waals surface area contributed by atoms with Gasteiger partial charge in [0.15, 0.2) is 6.29 Å². The molecule has 1 atom stereocenters. The lowest BCUT2D eigenvalue weighted by Crippen LogP contribution is -2.16. The zero-order chi connectivity index (χ0) is 10.6. The molecule has 0 heterocycles. The van der Waals surface area contributed by atoms with Gasteiger partial charge in [-0.25, -0.2) is 0 Å². The number of phenols is 1. The number of phenolic OH excluding ortho intramolecular Hbond substituents is 1. The van der Waals surface area contributed by atoms with Gasteiger partial charge in [-0.2, -0.15) is 0 Å². The molecule has 14 heavy (non-hydrogen) atoms. The molecular weight excluding hydrogens is 180 g/mol. The van der Waals surface area contributed by atoms with Crippen molar-refractivity contribution in [3.63, 3.8) is 0 Å². The van der Waals surface area contributed by atoms with Gasteiger partial charge in [-0.3, -0.25) is 0 Å². The summed E-state index contributed by atoms with van der Waals surface area (Å²) in [7, 11) is 0. The lowest BCUT2D eigenvalue weighted by atomic mass is 10.2. The maximum absolute atomic E-state index is 9.42. The normalized spacial score (nSPS) is 12.5. The summed E-state index contributed by atoms with van der Waals surface area (Å²) < 4.78 is 10.7. The van der Waals surface area contributed by atoms with E-state index in [4.69, 9.17) is 9.47 Å². The van der Waals surface area contributed by atoms with Crippen LogP contribution < -0.4 is 4.74 Å². The van der Waals surface area contributed by atoms with Gasteiger partial charge in [0.2, 0.25) is 0 Å². The molecule has 3 heteroatoms. The van der Waals surface area contributed by atoms with Crippen molar-refractivity contribution in [1.29, 1.82) is 0 Å². The van der Waals surface area contributed by atoms with Crippen molar-refractivity contribution < 1.29 is 14.6 Å². The second kappa shape index (κ2) is 4.86. The van der Waals surface area contributed by atoms with Crippen LogP contribution in [0.4, 0.5) is 0 Å². The van der Waals surface area contributed by atoms with E-state index in [0.717, 1.165) is 5.56 Å². The van der Waals surface area contributed by atoms with E-state index in [9.17, 15) is 5.11 Å². The van der Waals surface area contributed by atoms with Crippen molar-refractivity contribution in [2.24, 2.45) is 0 Å². The predicted octanol–water partition coefficient (Wildman–Crippen LogP) is 2.46. The third-order valence-corrected chi connectivity index (χ3v) is 1.95. The summed E-state index contributed by atoms with van der Waals surface area (Å²) in [5.74, 6) is 0.900. The monoisotopic (exact) mass is 196 g/mol. The molecule has 0 radical (unpaired) electrons. The van der Waals surface area contributed by atoms with Crippen LogP contribution in [0.15, 0.2) is 18.2 Å². The molecule has 0 amide bonds. The van der Waals surface area contributed by atoms with E-state index in [1.807, 2.05) is 26.8 Å². The Morgan fingerprint density at radius 1 is 1.43 bits per heavy atom. The van der Waals surface area contributed by atoms with Crippen molar-refractivity contribution in [3.05, 3.63) is 23.8 Å². The Balaban J connectivity index is 2.71. The first-order chi connectivity index (χ1) is 6.65. The van der Waals surface area contributed by atoms with Crippen molar-refractivity contribution in [1.82, 2.24) is 0 Å². The van der Waals surface area contributed by atoms with E-state index in [1.54, 1.807) is 12.1 Å². The standard InChI is InChI=1S/C11H16O3/c1-4-13-9(3)14-11-7-5-6-10(12)8(11)2/h5-7,9,12H,4H2,1-3H3. The molecule has 0 spiro atoms. The van der Waals surface area contributed by atoms with E-state index in [0.29, 0.717) is 12.4 Å². The summed E-state index contributed by atoms with van der Waals surface area (Å²) in [5, 5.41) is 9.42. The van der Waals surface area contributed by atoms with Crippen molar-refractivity contribution in [2.45, 2.75) is 27.1 Å². The summed E-state index contributed by atoms with van der Waals surface area (Å²) in [5.41, 5.74) is 0.735. The average molecular weight is 196 g/mol. The number of aromatic hydroxyl groups is 1. The van der Waals surface area contributed by atoms with Crippen LogP contribution in [0.2, 0.25) is 0 Å². The largest absolute Gasteiger partial charge is 0.508 e. The molecule has 78 valence electrons. The highest BCUT2D eigenvalue weighted by Gasteiger charge is 2.07. The molecule has 0 aromatic heterocycles. The molecule has 1 aromatic carbocycles. The first kappa shape index (κ1) is 10.9. The molecule has 1 aromatic rings. The number of hydrogen-bond donors (Lipinski definition) is 1. The SMILES string of the molecule is CCOC(C)Oc1cccc(O)c1C. The number of hydrogen-bond acceptors (Lipinski definition) is 3. The fourth-order valence-corrected chi connectivity index (χ4v) is 1.18. The molecule has 0 aliphatic rings. The van der Waals surface area contributed by atoms with Crippen LogP contribution in [0.1, 0.15) is 19.4 Å². The Morgan fingerprint density at radius 2 is 2.14 bits per heavy atom. The molecule has 1 rings (SSSR count). The van der Waals surface area contributed by atoms with Crippen LogP contribution in [0.5, 0.6) is 11.5 Å². The number of rotatable bonds is 4. The van der Waals surface area contributed by atoms with Crippen molar-refractivity contribution in [2.75, 3.05) is 6.61 Å². The highest BCUT2D eigenvalue weighted by atomic mass is 16.7. The van der Waals surface area contributed by atoms with Crippen LogP contribution in [0, 0.1) is 6.92 Å². The minimum absolute atomic E-state index is 0.242. The first-order valence-electron chi connectivity index (χ1n) is 4.72. The summed E-state index contributed by atoms with van der Waals surface area (Å²) in [6.45, 7) is 6.16. The van der Waals surface area contributed by atoms with Crippen molar-refractivity contribution >= 4 is 0 Å². The highest BCUT2D eigenvalue weighted by Crippen LogP contribution is 2.26. The predicted molar refractivity (Wildman–Crippen MR) is 54.6 cm³/mol. The zero-order valence-electron chi connectivity index (χ0n) is 8.78. The van der Waals surface area contributed by atoms with Crippen LogP contribution >= 0.6 is 0 Å². The Morgan fingerprint density at radius 3 is 2.79 bits per heavy atom. The molecule has 0 fully saturated rings. The highest BCUT2D eigenvalue weighted by molar-refractivity contribution is 5.42. The fourth-order valence-electron chi connectivity index (χ4n) is 1.18. The molecular formula is C11H16O3. The Hall–Kier alpha value is -1.22. The third-order valence-electron chi connectivity index (χ3n) is 1.95. The van der Waals surface area contributed by atoms with Gasteiger partial charge < -0.3 is 14.6 Å². The summed E-state index contributed by atoms with van der Waals surface area (Å²) in [4.78, 5) is 0. The van der Waals surface area contributed by atoms with Gasteiger partial charge in [-0.15, -0.1) is 0 Å². The van der Waals surface area contributed by atoms with E-state index in [-0.39, 0.29) is 12.0 Å². The molecule has 3 nitrogen and oxygen atoms in total. The van der Waals surface area contributed by atoms with Gasteiger partial charge in [-0.1, -0.05) is 6.07 Å². The molecule has 1 unspecified atom stereocenters. The van der Waals surface area contributed by atoms with Crippen LogP contribution in [-0.4, -0.2) is 18.0 Å². The zero-order valence-corrected chi connectivity index (χ0v) is 8.78. The van der Waals surface area contributed by atoms with E-state index in [1.165, 1.54) is 0 Å². The lowest BCUT2D eigenvalue weighted by Gasteiger charge is -2.16. The molecule has 0 saturated carbocycles. The van der Waals surface area contributed by atoms with E-state index in [2.05, 4.69) is 0 Å². The minimum Gasteiger partial charge on any atom is -0.508 e. The summed E-state index contributed by atoms with van der Waals surface area (Å²) in [6.07, 6.45) is -0.291. The van der Waals surface area contributed by atoms with Crippen LogP contribution in [-0.2, 0) is 4.74 Å². The quantitative estimate of drug-likeness (QED) is 0.752. The molecule has 0 saturated heterocycles. The Kier molecular flexibility index (Phi) is 3.77. The number of benzene rings is 1. The minimum atomic E-state index is -0.291. The third kappa shape index (κ3) is 2.64. The molecule has 0 bridgehead atoms. The Bertz CT molecular complexity index is 297. The maximum atomic E-state index is 9.42. The maximum Gasteiger partial charge on any atom is 0.196 e. The van der Waals surface area contributed by atoms with Gasteiger partial charge >= 0.3 is 0 Å². The molecule has 1 N–H and O–H groups in total. The Labute approximate surface area is 84.3 Å². The fraction of sp³-hybridized carbons (Fsp3) is 0.455. The lowest BCUT2D eigenvalue weighted by molar-refractivity contribution is -0.0617. The van der Waals surface area contributed by atoms with Gasteiger partial charge in [0, 0.05) is 12.2 Å². The van der Waals surface area contributed by atoms with Crippen LogP contribution in [0.25, 0.3) is 0 Å². The van der Waals surface area contributed by atoms with Crippen LogP contribution in [0.3, 0.4) is 0 Å². The van der Waals surface area contributed by atoms with Gasteiger partial charge in [0.05, 0.1) is 0 Å². The first-order valence-corrected chi connectivity index (χ1v) is 4.72. The van der Waals surface area contributed by atoms with E-state index < -0.39 is 0 Å². The average Bonchev–Trinajstić information content (AvgIpc) is 2.13. The number of ether oxygens (including phenoxy) is 2. The smallest absolute Gasteiger partial charge is 0.196 e. The molecule has 0 aliphatic heterocycles. The second-order valence-corrected chi connectivity index (χ2v) is 3.04. The van der Waals surface area contributed by atoms with Gasteiger partial charge in [-0.05, 0) is 32.9 Å². The molecule has 0 aliphatic carbocycles. The van der Waals surface area contributed by atoms with Gasteiger partial charge in [0.1, 0.15) is 11.5 Å². The second-order valence-electron chi connectivity index (χ2n) is 3.04. The van der Waals surface area contributed by atoms with Crippen molar-refractivity contribution in [3.8, 4) is 11.5 Å².